The lowest BCUT2D eigenvalue weighted by atomic mass is 9.87. The fourth-order valence-electron chi connectivity index (χ4n) is 4.55. The summed E-state index contributed by atoms with van der Waals surface area (Å²) in [6.45, 7) is 4.02. The molecule has 1 saturated carbocycles. The Hall–Kier alpha value is -1.13. The van der Waals surface area contributed by atoms with E-state index in [1.165, 1.54) is 5.57 Å². The zero-order valence-corrected chi connectivity index (χ0v) is 16.4. The van der Waals surface area contributed by atoms with Crippen molar-refractivity contribution in [3.63, 3.8) is 0 Å². The Balaban J connectivity index is 1.85. The van der Waals surface area contributed by atoms with E-state index in [1.54, 1.807) is 0 Å². The van der Waals surface area contributed by atoms with Crippen LogP contribution in [0.1, 0.15) is 78.1 Å². The van der Waals surface area contributed by atoms with Crippen molar-refractivity contribution in [2.45, 2.75) is 89.8 Å². The number of fused-ring (bicyclic) bond motifs is 1. The van der Waals surface area contributed by atoms with E-state index in [0.717, 1.165) is 57.8 Å². The lowest BCUT2D eigenvalue weighted by molar-refractivity contribution is -0.137. The van der Waals surface area contributed by atoms with Gasteiger partial charge in [0.15, 0.2) is 0 Å². The molecule has 0 aromatic heterocycles. The van der Waals surface area contributed by atoms with E-state index < -0.39 is 11.6 Å². The van der Waals surface area contributed by atoms with Crippen LogP contribution in [0.3, 0.4) is 0 Å². The van der Waals surface area contributed by atoms with Gasteiger partial charge < -0.3 is 15.3 Å². The number of hydrogen-bond acceptors (Lipinski definition) is 3. The highest BCUT2D eigenvalue weighted by Gasteiger charge is 2.43. The normalized spacial score (nSPS) is 30.4. The number of aliphatic hydroxyl groups excluding tert-OH is 1. The minimum Gasteiger partial charge on any atom is -0.481 e. The first-order valence-electron chi connectivity index (χ1n) is 10.3. The van der Waals surface area contributed by atoms with Gasteiger partial charge in [-0.05, 0) is 57.3 Å². The van der Waals surface area contributed by atoms with Crippen LogP contribution in [0.4, 0.5) is 0 Å². The van der Waals surface area contributed by atoms with Gasteiger partial charge in [-0.15, -0.1) is 0 Å². The molecule has 4 heteroatoms. The van der Waals surface area contributed by atoms with E-state index in [1.807, 2.05) is 13.0 Å². The van der Waals surface area contributed by atoms with Crippen LogP contribution in [0.2, 0.25) is 0 Å². The smallest absolute Gasteiger partial charge is 0.303 e. The molecule has 0 aromatic rings. The van der Waals surface area contributed by atoms with Crippen LogP contribution in [-0.2, 0) is 4.79 Å². The Bertz CT molecular complexity index is 520. The Morgan fingerprint density at radius 1 is 1.31 bits per heavy atom. The van der Waals surface area contributed by atoms with Gasteiger partial charge >= 0.3 is 5.97 Å². The summed E-state index contributed by atoms with van der Waals surface area (Å²) in [6, 6.07) is 0. The first kappa shape index (κ1) is 21.2. The SMILES string of the molecule is CCCCC[C@](C)(O)C=C[C@@H]1[C@H]2CC(CCCCC(=O)O)=C[C@H]2C[C@H]1O. The topological polar surface area (TPSA) is 77.8 Å². The maximum absolute atomic E-state index is 10.6. The van der Waals surface area contributed by atoms with Crippen LogP contribution in [0.5, 0.6) is 0 Å². The van der Waals surface area contributed by atoms with Crippen molar-refractivity contribution in [2.75, 3.05) is 0 Å². The van der Waals surface area contributed by atoms with Crippen LogP contribution in [0, 0.1) is 17.8 Å². The molecule has 0 aliphatic heterocycles. The second-order valence-electron chi connectivity index (χ2n) is 8.51. The Kier molecular flexibility index (Phi) is 7.90. The largest absolute Gasteiger partial charge is 0.481 e. The van der Waals surface area contributed by atoms with Gasteiger partial charge in [-0.2, -0.15) is 0 Å². The van der Waals surface area contributed by atoms with Gasteiger partial charge in [-0.1, -0.05) is 50.0 Å². The van der Waals surface area contributed by atoms with Crippen molar-refractivity contribution < 1.29 is 20.1 Å². The second-order valence-corrected chi connectivity index (χ2v) is 8.51. The lowest BCUT2D eigenvalue weighted by Gasteiger charge is -2.22. The summed E-state index contributed by atoms with van der Waals surface area (Å²) < 4.78 is 0. The van der Waals surface area contributed by atoms with E-state index in [4.69, 9.17) is 5.11 Å². The summed E-state index contributed by atoms with van der Waals surface area (Å²) in [5.74, 6) is 0.258. The molecule has 4 nitrogen and oxygen atoms in total. The number of carbonyl (C=O) groups is 1. The number of unbranched alkanes of at least 4 members (excludes halogenated alkanes) is 3. The molecule has 0 bridgehead atoms. The first-order valence-corrected chi connectivity index (χ1v) is 10.3. The van der Waals surface area contributed by atoms with Crippen LogP contribution < -0.4 is 0 Å². The molecule has 3 N–H and O–H groups in total. The molecule has 0 saturated heterocycles. The van der Waals surface area contributed by atoms with Crippen LogP contribution in [0.25, 0.3) is 0 Å². The zero-order chi connectivity index (χ0) is 19.2. The molecule has 0 aromatic carbocycles. The van der Waals surface area contributed by atoms with Crippen molar-refractivity contribution in [3.05, 3.63) is 23.8 Å². The Morgan fingerprint density at radius 2 is 2.08 bits per heavy atom. The third-order valence-corrected chi connectivity index (χ3v) is 6.05. The van der Waals surface area contributed by atoms with E-state index >= 15 is 0 Å². The highest BCUT2D eigenvalue weighted by molar-refractivity contribution is 5.66. The molecule has 0 heterocycles. The van der Waals surface area contributed by atoms with E-state index in [-0.39, 0.29) is 18.4 Å². The average molecular weight is 365 g/mol. The van der Waals surface area contributed by atoms with Crippen molar-refractivity contribution >= 4 is 5.97 Å². The maximum atomic E-state index is 10.6. The molecule has 148 valence electrons. The summed E-state index contributed by atoms with van der Waals surface area (Å²) >= 11 is 0. The highest BCUT2D eigenvalue weighted by Crippen LogP contribution is 2.48. The van der Waals surface area contributed by atoms with Gasteiger partial charge in [0.05, 0.1) is 11.7 Å². The molecule has 2 rings (SSSR count). The molecular formula is C22H36O4. The van der Waals surface area contributed by atoms with Gasteiger partial charge in [0.2, 0.25) is 0 Å². The number of hydrogen-bond donors (Lipinski definition) is 3. The van der Waals surface area contributed by atoms with Gasteiger partial charge in [0.1, 0.15) is 0 Å². The zero-order valence-electron chi connectivity index (χ0n) is 16.4. The fraction of sp³-hybridized carbons (Fsp3) is 0.773. The fourth-order valence-corrected chi connectivity index (χ4v) is 4.55. The van der Waals surface area contributed by atoms with Crippen molar-refractivity contribution in [1.82, 2.24) is 0 Å². The number of carboxylic acids is 1. The molecular weight excluding hydrogens is 328 g/mol. The third-order valence-electron chi connectivity index (χ3n) is 6.05. The Labute approximate surface area is 158 Å². The summed E-state index contributed by atoms with van der Waals surface area (Å²) in [7, 11) is 0. The highest BCUT2D eigenvalue weighted by atomic mass is 16.4. The summed E-state index contributed by atoms with van der Waals surface area (Å²) in [5.41, 5.74) is 0.629. The third kappa shape index (κ3) is 6.24. The Morgan fingerprint density at radius 3 is 2.77 bits per heavy atom. The second kappa shape index (κ2) is 9.70. The molecule has 5 atom stereocenters. The number of aliphatic carboxylic acids is 1. The number of aliphatic hydroxyl groups is 2. The lowest BCUT2D eigenvalue weighted by Crippen LogP contribution is -2.23. The van der Waals surface area contributed by atoms with Crippen LogP contribution >= 0.6 is 0 Å². The summed E-state index contributed by atoms with van der Waals surface area (Å²) in [5, 5.41) is 29.7. The first-order chi connectivity index (χ1) is 12.3. The standard InChI is InChI=1S/C22H36O4/c1-3-4-7-11-22(2,26)12-10-18-19-14-16(8-5-6-9-21(24)25)13-17(19)15-20(18)23/h10,12-13,17-20,23,26H,3-9,11,14-15H2,1-2H3,(H,24,25)/t17-,18+,19-,20+,22-/m0/s1. The molecule has 0 unspecified atom stereocenters. The van der Waals surface area contributed by atoms with Gasteiger partial charge in [0, 0.05) is 12.3 Å². The quantitative estimate of drug-likeness (QED) is 0.373. The molecule has 0 spiro atoms. The molecule has 26 heavy (non-hydrogen) atoms. The minimum absolute atomic E-state index is 0.116. The molecule has 0 amide bonds. The minimum atomic E-state index is -0.793. The predicted octanol–water partition coefficient (Wildman–Crippen LogP) is 4.46. The maximum Gasteiger partial charge on any atom is 0.303 e. The van der Waals surface area contributed by atoms with Gasteiger partial charge in [0.25, 0.3) is 0 Å². The predicted molar refractivity (Wildman–Crippen MR) is 104 cm³/mol. The number of allylic oxidation sites excluding steroid dienone is 2. The van der Waals surface area contributed by atoms with E-state index in [2.05, 4.69) is 19.1 Å². The molecule has 1 fully saturated rings. The number of carboxylic acid groups (broad SMARTS) is 1. The van der Waals surface area contributed by atoms with Crippen molar-refractivity contribution in [1.29, 1.82) is 0 Å². The van der Waals surface area contributed by atoms with Crippen LogP contribution in [0.15, 0.2) is 23.8 Å². The van der Waals surface area contributed by atoms with E-state index in [0.29, 0.717) is 11.8 Å². The molecule has 2 aliphatic carbocycles. The molecule has 2 aliphatic rings. The van der Waals surface area contributed by atoms with Gasteiger partial charge in [-0.25, -0.2) is 0 Å². The number of rotatable bonds is 11. The average Bonchev–Trinajstić information content (AvgIpc) is 3.06. The summed E-state index contributed by atoms with van der Waals surface area (Å²) in [6.07, 6.45) is 14.7. The monoisotopic (exact) mass is 364 g/mol. The molecule has 0 radical (unpaired) electrons. The van der Waals surface area contributed by atoms with Crippen LogP contribution in [-0.4, -0.2) is 33.0 Å². The summed E-state index contributed by atoms with van der Waals surface area (Å²) in [4.78, 5) is 10.6. The van der Waals surface area contributed by atoms with E-state index in [9.17, 15) is 15.0 Å². The van der Waals surface area contributed by atoms with Crippen molar-refractivity contribution in [3.8, 4) is 0 Å². The van der Waals surface area contributed by atoms with Crippen molar-refractivity contribution in [2.24, 2.45) is 17.8 Å². The van der Waals surface area contributed by atoms with Gasteiger partial charge in [-0.3, -0.25) is 4.79 Å².